The van der Waals surface area contributed by atoms with E-state index in [1.807, 2.05) is 60.7 Å². The van der Waals surface area contributed by atoms with Crippen molar-refractivity contribution in [2.45, 2.75) is 37.8 Å². The molecule has 168 valence electrons. The van der Waals surface area contributed by atoms with Crippen molar-refractivity contribution in [3.8, 4) is 17.2 Å². The van der Waals surface area contributed by atoms with Gasteiger partial charge in [0.15, 0.2) is 0 Å². The number of pyridine rings is 1. The van der Waals surface area contributed by atoms with E-state index in [-0.39, 0.29) is 18.0 Å². The molecule has 6 nitrogen and oxygen atoms in total. The Morgan fingerprint density at radius 2 is 1.67 bits per heavy atom. The lowest BCUT2D eigenvalue weighted by Crippen LogP contribution is -2.49. The van der Waals surface area contributed by atoms with Crippen LogP contribution >= 0.6 is 0 Å². The number of hydrogen-bond acceptors (Lipinski definition) is 4. The Hall–Kier alpha value is -3.69. The summed E-state index contributed by atoms with van der Waals surface area (Å²) in [4.78, 5) is 27.2. The zero-order chi connectivity index (χ0) is 23.3. The summed E-state index contributed by atoms with van der Waals surface area (Å²) >= 11 is 0. The molecule has 1 fully saturated rings. The number of carbonyl (C=O) groups is 1. The van der Waals surface area contributed by atoms with E-state index in [2.05, 4.69) is 6.07 Å². The van der Waals surface area contributed by atoms with Crippen molar-refractivity contribution in [2.24, 2.45) is 0 Å². The Bertz CT molecular complexity index is 1200. The number of aryl methyl sites for hydroxylation is 1. The highest BCUT2D eigenvalue weighted by atomic mass is 16.3. The number of nitriles is 1. The Balaban J connectivity index is 1.40. The summed E-state index contributed by atoms with van der Waals surface area (Å²) in [6.45, 7) is 1.000. The molecule has 1 aliphatic heterocycles. The fourth-order valence-electron chi connectivity index (χ4n) is 4.34. The predicted octanol–water partition coefficient (Wildman–Crippen LogP) is 3.37. The second-order valence-corrected chi connectivity index (χ2v) is 8.64. The number of hydrogen-bond donors (Lipinski definition) is 1. The smallest absolute Gasteiger partial charge is 0.251 e. The molecule has 0 bridgehead atoms. The van der Waals surface area contributed by atoms with Gasteiger partial charge in [-0.2, -0.15) is 5.26 Å². The molecule has 2 aromatic carbocycles. The van der Waals surface area contributed by atoms with E-state index in [4.69, 9.17) is 0 Å². The van der Waals surface area contributed by atoms with E-state index in [1.165, 1.54) is 16.8 Å². The number of piperidine rings is 1. The van der Waals surface area contributed by atoms with Crippen LogP contribution in [-0.4, -0.2) is 39.2 Å². The summed E-state index contributed by atoms with van der Waals surface area (Å²) in [7, 11) is 0. The van der Waals surface area contributed by atoms with Crippen LogP contribution in [0.15, 0.2) is 77.7 Å². The fraction of sp³-hybridized carbons (Fsp3) is 0.296. The third-order valence-corrected chi connectivity index (χ3v) is 6.31. The molecule has 0 unspecified atom stereocenters. The summed E-state index contributed by atoms with van der Waals surface area (Å²) in [5.41, 5.74) is 1.55. The topological polar surface area (TPSA) is 86.3 Å². The molecule has 1 amide bonds. The van der Waals surface area contributed by atoms with Crippen LogP contribution in [0, 0.1) is 11.3 Å². The number of amides is 1. The van der Waals surface area contributed by atoms with E-state index in [1.54, 1.807) is 4.90 Å². The number of aromatic nitrogens is 1. The molecule has 0 saturated carbocycles. The minimum Gasteiger partial charge on any atom is -0.388 e. The number of aliphatic hydroxyl groups is 1. The zero-order valence-corrected chi connectivity index (χ0v) is 18.5. The summed E-state index contributed by atoms with van der Waals surface area (Å²) in [6, 6.07) is 22.9. The molecule has 33 heavy (non-hydrogen) atoms. The Labute approximate surface area is 193 Å². The van der Waals surface area contributed by atoms with Crippen molar-refractivity contribution in [3.63, 3.8) is 0 Å². The summed E-state index contributed by atoms with van der Waals surface area (Å²) in [5.74, 6) is 0.0806. The highest BCUT2D eigenvalue weighted by molar-refractivity contribution is 5.76. The van der Waals surface area contributed by atoms with Gasteiger partial charge in [0.2, 0.25) is 5.91 Å². The molecule has 0 aliphatic carbocycles. The molecule has 6 heteroatoms. The van der Waals surface area contributed by atoms with Crippen molar-refractivity contribution < 1.29 is 9.90 Å². The molecule has 4 rings (SSSR count). The lowest BCUT2D eigenvalue weighted by molar-refractivity contribution is -0.135. The Kier molecular flexibility index (Phi) is 6.71. The van der Waals surface area contributed by atoms with Crippen molar-refractivity contribution in [3.05, 3.63) is 94.4 Å². The van der Waals surface area contributed by atoms with Gasteiger partial charge in [0, 0.05) is 37.3 Å². The normalized spacial score (nSPS) is 15.1. The van der Waals surface area contributed by atoms with Gasteiger partial charge in [-0.3, -0.25) is 9.59 Å². The maximum Gasteiger partial charge on any atom is 0.251 e. The monoisotopic (exact) mass is 441 g/mol. The van der Waals surface area contributed by atoms with Crippen LogP contribution in [0.1, 0.15) is 30.4 Å². The zero-order valence-electron chi connectivity index (χ0n) is 18.5. The lowest BCUT2D eigenvalue weighted by Gasteiger charge is -2.38. The van der Waals surface area contributed by atoms with Crippen LogP contribution < -0.4 is 5.56 Å². The molecule has 1 N–H and O–H groups in total. The van der Waals surface area contributed by atoms with Crippen molar-refractivity contribution in [1.82, 2.24) is 9.47 Å². The molecule has 2 heterocycles. The molecular formula is C27H27N3O3. The number of benzene rings is 2. The number of carbonyl (C=O) groups excluding carboxylic acids is 1. The third-order valence-electron chi connectivity index (χ3n) is 6.31. The van der Waals surface area contributed by atoms with Gasteiger partial charge in [-0.15, -0.1) is 0 Å². The largest absolute Gasteiger partial charge is 0.388 e. The third kappa shape index (κ3) is 5.39. The van der Waals surface area contributed by atoms with Crippen LogP contribution in [0.5, 0.6) is 0 Å². The fourth-order valence-corrected chi connectivity index (χ4v) is 4.34. The van der Waals surface area contributed by atoms with Gasteiger partial charge in [0.25, 0.3) is 5.56 Å². The SMILES string of the molecule is N#Cc1cn(CC2(O)CCN(C(=O)CCc3ccccc3)CC2)c(=O)cc1-c1ccccc1. The second-order valence-electron chi connectivity index (χ2n) is 8.64. The van der Waals surface area contributed by atoms with Gasteiger partial charge in [0.1, 0.15) is 6.07 Å². The number of likely N-dealkylation sites (tertiary alicyclic amines) is 1. The molecule has 1 saturated heterocycles. The average Bonchev–Trinajstić information content (AvgIpc) is 2.85. The first kappa shape index (κ1) is 22.5. The predicted molar refractivity (Wildman–Crippen MR) is 126 cm³/mol. The Morgan fingerprint density at radius 3 is 2.30 bits per heavy atom. The molecule has 0 spiro atoms. The van der Waals surface area contributed by atoms with E-state index in [0.717, 1.165) is 11.1 Å². The number of rotatable bonds is 6. The second kappa shape index (κ2) is 9.85. The first-order chi connectivity index (χ1) is 16.0. The van der Waals surface area contributed by atoms with Crippen LogP contribution in [0.4, 0.5) is 0 Å². The highest BCUT2D eigenvalue weighted by Gasteiger charge is 2.34. The quantitative estimate of drug-likeness (QED) is 0.635. The molecular weight excluding hydrogens is 414 g/mol. The standard InChI is InChI=1S/C27H27N3O3/c28-18-23-19-30(26(32)17-24(23)22-9-5-2-6-10-22)20-27(33)13-15-29(16-14-27)25(31)12-11-21-7-3-1-4-8-21/h1-10,17,19,33H,11-16,20H2. The van der Waals surface area contributed by atoms with Crippen LogP contribution in [0.3, 0.4) is 0 Å². The molecule has 0 atom stereocenters. The van der Waals surface area contributed by atoms with Gasteiger partial charge in [0.05, 0.1) is 17.7 Å². The first-order valence-electron chi connectivity index (χ1n) is 11.2. The van der Waals surface area contributed by atoms with Crippen LogP contribution in [-0.2, 0) is 17.8 Å². The summed E-state index contributed by atoms with van der Waals surface area (Å²) < 4.78 is 1.41. The maximum absolute atomic E-state index is 12.8. The average molecular weight is 442 g/mol. The minimum absolute atomic E-state index is 0.0806. The van der Waals surface area contributed by atoms with E-state index < -0.39 is 5.60 Å². The van der Waals surface area contributed by atoms with Gasteiger partial charge in [-0.25, -0.2) is 0 Å². The van der Waals surface area contributed by atoms with Gasteiger partial charge in [-0.1, -0.05) is 60.7 Å². The number of nitrogens with zero attached hydrogens (tertiary/aromatic N) is 3. The summed E-state index contributed by atoms with van der Waals surface area (Å²) in [6.07, 6.45) is 3.44. The first-order valence-corrected chi connectivity index (χ1v) is 11.2. The van der Waals surface area contributed by atoms with Gasteiger partial charge >= 0.3 is 0 Å². The maximum atomic E-state index is 12.8. The minimum atomic E-state index is -1.10. The summed E-state index contributed by atoms with van der Waals surface area (Å²) in [5, 5.41) is 20.7. The van der Waals surface area contributed by atoms with E-state index in [9.17, 15) is 20.0 Å². The highest BCUT2D eigenvalue weighted by Crippen LogP contribution is 2.26. The van der Waals surface area contributed by atoms with Crippen molar-refractivity contribution in [2.75, 3.05) is 13.1 Å². The lowest BCUT2D eigenvalue weighted by atomic mass is 9.90. The van der Waals surface area contributed by atoms with Gasteiger partial charge < -0.3 is 14.6 Å². The van der Waals surface area contributed by atoms with Crippen molar-refractivity contribution in [1.29, 1.82) is 5.26 Å². The van der Waals surface area contributed by atoms with Gasteiger partial charge in [-0.05, 0) is 30.4 Å². The molecule has 0 radical (unpaired) electrons. The molecule has 1 aliphatic rings. The molecule has 3 aromatic rings. The van der Waals surface area contributed by atoms with Crippen LogP contribution in [0.2, 0.25) is 0 Å². The van der Waals surface area contributed by atoms with E-state index in [0.29, 0.717) is 49.9 Å². The van der Waals surface area contributed by atoms with Crippen LogP contribution in [0.25, 0.3) is 11.1 Å². The molecule has 1 aromatic heterocycles. The van der Waals surface area contributed by atoms with Crippen molar-refractivity contribution >= 4 is 5.91 Å². The Morgan fingerprint density at radius 1 is 1.03 bits per heavy atom. The van der Waals surface area contributed by atoms with E-state index >= 15 is 0 Å².